The van der Waals surface area contributed by atoms with Gasteiger partial charge in [0.2, 0.25) is 0 Å². The van der Waals surface area contributed by atoms with Gasteiger partial charge in [-0.05, 0) is 25.0 Å². The van der Waals surface area contributed by atoms with Crippen LogP contribution in [0.5, 0.6) is 0 Å². The Bertz CT molecular complexity index is 445. The topological polar surface area (TPSA) is 42.4 Å². The number of hydrogen-bond acceptors (Lipinski definition) is 3. The van der Waals surface area contributed by atoms with Gasteiger partial charge in [-0.25, -0.2) is 0 Å². The number of aromatic nitrogens is 1. The molecule has 4 nitrogen and oxygen atoms in total. The van der Waals surface area contributed by atoms with Crippen LogP contribution in [0.1, 0.15) is 23.2 Å². The van der Waals surface area contributed by atoms with Crippen molar-refractivity contribution in [1.29, 1.82) is 0 Å². The Kier molecular flexibility index (Phi) is 4.59. The van der Waals surface area contributed by atoms with Crippen molar-refractivity contribution in [3.63, 3.8) is 0 Å². The minimum atomic E-state index is -4.42. The largest absolute Gasteiger partial charge is 0.406 e. The van der Waals surface area contributed by atoms with Gasteiger partial charge in [0.15, 0.2) is 0 Å². The van der Waals surface area contributed by atoms with Gasteiger partial charge in [-0.1, -0.05) is 0 Å². The average molecular weight is 288 g/mol. The number of halogens is 3. The zero-order valence-electron chi connectivity index (χ0n) is 10.8. The van der Waals surface area contributed by atoms with Crippen molar-refractivity contribution >= 4 is 5.91 Å². The number of ether oxygens (including phenoxy) is 1. The summed E-state index contributed by atoms with van der Waals surface area (Å²) in [7, 11) is 0. The Balaban J connectivity index is 2.19. The van der Waals surface area contributed by atoms with Crippen molar-refractivity contribution in [2.45, 2.75) is 25.1 Å². The van der Waals surface area contributed by atoms with Crippen LogP contribution in [0.2, 0.25) is 0 Å². The summed E-state index contributed by atoms with van der Waals surface area (Å²) in [5.41, 5.74) is 0.170. The molecule has 0 atom stereocenters. The maximum absolute atomic E-state index is 12.7. The van der Waals surface area contributed by atoms with Gasteiger partial charge in [0.25, 0.3) is 5.91 Å². The molecule has 0 N–H and O–H groups in total. The molecule has 1 aromatic heterocycles. The first kappa shape index (κ1) is 14.8. The molecule has 1 saturated heterocycles. The van der Waals surface area contributed by atoms with Crippen LogP contribution in [0, 0.1) is 0 Å². The number of nitrogens with zero attached hydrogens (tertiary/aromatic N) is 2. The Morgan fingerprint density at radius 3 is 2.65 bits per heavy atom. The second kappa shape index (κ2) is 6.21. The van der Waals surface area contributed by atoms with E-state index in [1.807, 2.05) is 0 Å². The van der Waals surface area contributed by atoms with E-state index in [-0.39, 0.29) is 5.56 Å². The normalized spacial score (nSPS) is 16.9. The van der Waals surface area contributed by atoms with Gasteiger partial charge < -0.3 is 9.64 Å². The van der Waals surface area contributed by atoms with E-state index in [1.54, 1.807) is 0 Å². The van der Waals surface area contributed by atoms with E-state index in [0.29, 0.717) is 26.1 Å². The standard InChI is InChI=1S/C13H15F3N2O2/c14-13(15,16)9-18(11-3-6-20-7-4-11)12(19)10-2-1-5-17-8-10/h1-2,5,8,11H,3-4,6-7,9H2. The average Bonchev–Trinajstić information content (AvgIpc) is 2.45. The van der Waals surface area contributed by atoms with Crippen molar-refractivity contribution in [3.8, 4) is 0 Å². The van der Waals surface area contributed by atoms with Gasteiger partial charge in [-0.2, -0.15) is 13.2 Å². The first-order valence-corrected chi connectivity index (χ1v) is 6.33. The van der Waals surface area contributed by atoms with Crippen molar-refractivity contribution in [1.82, 2.24) is 9.88 Å². The highest BCUT2D eigenvalue weighted by atomic mass is 19.4. The monoisotopic (exact) mass is 288 g/mol. The molecule has 0 unspecified atom stereocenters. The molecule has 20 heavy (non-hydrogen) atoms. The minimum Gasteiger partial charge on any atom is -0.381 e. The summed E-state index contributed by atoms with van der Waals surface area (Å²) in [4.78, 5) is 16.9. The second-order valence-electron chi connectivity index (χ2n) is 4.63. The molecule has 0 spiro atoms. The molecule has 1 aromatic rings. The Hall–Kier alpha value is -1.63. The molecule has 1 aliphatic heterocycles. The molecule has 0 saturated carbocycles. The predicted octanol–water partition coefficient (Wildman–Crippen LogP) is 2.27. The first-order chi connectivity index (χ1) is 9.47. The first-order valence-electron chi connectivity index (χ1n) is 6.33. The fourth-order valence-electron chi connectivity index (χ4n) is 2.21. The Labute approximate surface area is 114 Å². The van der Waals surface area contributed by atoms with Crippen LogP contribution in [0.3, 0.4) is 0 Å². The third kappa shape index (κ3) is 3.93. The molecule has 2 rings (SSSR count). The molecule has 0 aliphatic carbocycles. The zero-order valence-corrected chi connectivity index (χ0v) is 10.8. The number of alkyl halides is 3. The Morgan fingerprint density at radius 2 is 2.10 bits per heavy atom. The minimum absolute atomic E-state index is 0.170. The lowest BCUT2D eigenvalue weighted by atomic mass is 10.1. The highest BCUT2D eigenvalue weighted by Gasteiger charge is 2.37. The summed E-state index contributed by atoms with van der Waals surface area (Å²) in [6.45, 7) is -0.496. The molecular weight excluding hydrogens is 273 g/mol. The summed E-state index contributed by atoms with van der Waals surface area (Å²) >= 11 is 0. The van der Waals surface area contributed by atoms with E-state index < -0.39 is 24.7 Å². The van der Waals surface area contributed by atoms with Gasteiger partial charge in [-0.3, -0.25) is 9.78 Å². The number of rotatable bonds is 3. The maximum Gasteiger partial charge on any atom is 0.406 e. The van der Waals surface area contributed by atoms with Gasteiger partial charge in [0.05, 0.1) is 5.56 Å². The molecule has 110 valence electrons. The van der Waals surface area contributed by atoms with Crippen LogP contribution >= 0.6 is 0 Å². The van der Waals surface area contributed by atoms with E-state index in [9.17, 15) is 18.0 Å². The summed E-state index contributed by atoms with van der Waals surface area (Å²) in [6, 6.07) is 2.55. The lowest BCUT2D eigenvalue weighted by molar-refractivity contribution is -0.147. The fourth-order valence-corrected chi connectivity index (χ4v) is 2.21. The van der Waals surface area contributed by atoms with Crippen molar-refractivity contribution in [3.05, 3.63) is 30.1 Å². The van der Waals surface area contributed by atoms with Crippen LogP contribution in [0.15, 0.2) is 24.5 Å². The molecule has 0 radical (unpaired) electrons. The molecule has 1 aliphatic rings. The van der Waals surface area contributed by atoms with Gasteiger partial charge in [0, 0.05) is 31.6 Å². The third-order valence-corrected chi connectivity index (χ3v) is 3.15. The van der Waals surface area contributed by atoms with E-state index in [0.717, 1.165) is 4.90 Å². The zero-order chi connectivity index (χ0) is 14.6. The molecule has 1 fully saturated rings. The van der Waals surface area contributed by atoms with Gasteiger partial charge in [0.1, 0.15) is 6.54 Å². The number of carbonyl (C=O) groups is 1. The van der Waals surface area contributed by atoms with Crippen molar-refractivity contribution in [2.75, 3.05) is 19.8 Å². The van der Waals surface area contributed by atoms with Gasteiger partial charge >= 0.3 is 6.18 Å². The van der Waals surface area contributed by atoms with Gasteiger partial charge in [-0.15, -0.1) is 0 Å². The highest BCUT2D eigenvalue weighted by molar-refractivity contribution is 5.94. The van der Waals surface area contributed by atoms with E-state index in [4.69, 9.17) is 4.74 Å². The molecule has 0 bridgehead atoms. The van der Waals surface area contributed by atoms with E-state index in [2.05, 4.69) is 4.98 Å². The molecule has 0 aromatic carbocycles. The summed E-state index contributed by atoms with van der Waals surface area (Å²) in [5.74, 6) is -0.637. The summed E-state index contributed by atoms with van der Waals surface area (Å²) < 4.78 is 43.2. The fraction of sp³-hybridized carbons (Fsp3) is 0.538. The SMILES string of the molecule is O=C(c1cccnc1)N(CC(F)(F)F)C1CCOCC1. The number of amides is 1. The number of carbonyl (C=O) groups excluding carboxylic acids is 1. The Morgan fingerprint density at radius 1 is 1.40 bits per heavy atom. The smallest absolute Gasteiger partial charge is 0.381 e. The van der Waals surface area contributed by atoms with Crippen LogP contribution in [-0.4, -0.2) is 47.8 Å². The van der Waals surface area contributed by atoms with Crippen LogP contribution in [0.4, 0.5) is 13.2 Å². The van der Waals surface area contributed by atoms with Crippen LogP contribution in [0.25, 0.3) is 0 Å². The maximum atomic E-state index is 12.7. The van der Waals surface area contributed by atoms with Crippen molar-refractivity contribution < 1.29 is 22.7 Å². The third-order valence-electron chi connectivity index (χ3n) is 3.15. The van der Waals surface area contributed by atoms with Crippen LogP contribution < -0.4 is 0 Å². The second-order valence-corrected chi connectivity index (χ2v) is 4.63. The quantitative estimate of drug-likeness (QED) is 0.857. The summed E-state index contributed by atoms with van der Waals surface area (Å²) in [6.07, 6.45) is -0.829. The molecule has 7 heteroatoms. The lowest BCUT2D eigenvalue weighted by Crippen LogP contribution is -2.47. The molecule has 2 heterocycles. The predicted molar refractivity (Wildman–Crippen MR) is 65.2 cm³/mol. The number of hydrogen-bond donors (Lipinski definition) is 0. The molecule has 1 amide bonds. The highest BCUT2D eigenvalue weighted by Crippen LogP contribution is 2.23. The van der Waals surface area contributed by atoms with E-state index in [1.165, 1.54) is 24.5 Å². The molecular formula is C13H15F3N2O2. The number of pyridine rings is 1. The summed E-state index contributed by atoms with van der Waals surface area (Å²) in [5, 5.41) is 0. The van der Waals surface area contributed by atoms with E-state index >= 15 is 0 Å². The van der Waals surface area contributed by atoms with Crippen LogP contribution in [-0.2, 0) is 4.74 Å². The lowest BCUT2D eigenvalue weighted by Gasteiger charge is -2.34. The van der Waals surface area contributed by atoms with Crippen molar-refractivity contribution in [2.24, 2.45) is 0 Å².